The molecule has 2 saturated heterocycles. The highest BCUT2D eigenvalue weighted by Gasteiger charge is 2.40. The Balaban J connectivity index is 1.74. The van der Waals surface area contributed by atoms with E-state index in [2.05, 4.69) is 34.7 Å². The van der Waals surface area contributed by atoms with Crippen LogP contribution in [0.2, 0.25) is 0 Å². The summed E-state index contributed by atoms with van der Waals surface area (Å²) in [7, 11) is 2.28. The molecular weight excluding hydrogens is 236 g/mol. The zero-order chi connectivity index (χ0) is 13.4. The van der Waals surface area contributed by atoms with E-state index in [1.165, 1.54) is 31.4 Å². The Labute approximate surface area is 116 Å². The average molecular weight is 262 g/mol. The molecule has 2 aliphatic rings. The molecular formula is C15H26N4. The first-order valence-electron chi connectivity index (χ1n) is 7.70. The molecule has 3 unspecified atom stereocenters. The Morgan fingerprint density at radius 3 is 2.68 bits per heavy atom. The maximum Gasteiger partial charge on any atom is 0.0554 e. The standard InChI is InChI=1S/C15H26N4/c1-3-8-19-14(6-7-17-19)15(16)11-9-12-4-5-13(10-11)18(12)2/h6-7,11-13,15H,3-5,8-10,16H2,1-2H3. The number of nitrogens with two attached hydrogens (primary N) is 1. The van der Waals surface area contributed by atoms with Crippen molar-refractivity contribution in [3.8, 4) is 0 Å². The quantitative estimate of drug-likeness (QED) is 0.904. The summed E-state index contributed by atoms with van der Waals surface area (Å²) in [5.41, 5.74) is 7.80. The van der Waals surface area contributed by atoms with E-state index in [0.29, 0.717) is 5.92 Å². The molecule has 19 heavy (non-hydrogen) atoms. The summed E-state index contributed by atoms with van der Waals surface area (Å²) in [4.78, 5) is 2.58. The van der Waals surface area contributed by atoms with Crippen LogP contribution < -0.4 is 5.73 Å². The lowest BCUT2D eigenvalue weighted by atomic mass is 9.84. The predicted molar refractivity (Wildman–Crippen MR) is 76.7 cm³/mol. The molecule has 1 aromatic heterocycles. The fraction of sp³-hybridized carbons (Fsp3) is 0.800. The van der Waals surface area contributed by atoms with Crippen molar-refractivity contribution in [2.75, 3.05) is 7.05 Å². The minimum absolute atomic E-state index is 0.158. The van der Waals surface area contributed by atoms with Crippen LogP contribution in [0.15, 0.2) is 12.3 Å². The van der Waals surface area contributed by atoms with E-state index in [4.69, 9.17) is 5.73 Å². The van der Waals surface area contributed by atoms with Crippen LogP contribution in [0, 0.1) is 5.92 Å². The number of aromatic nitrogens is 2. The Morgan fingerprint density at radius 2 is 2.05 bits per heavy atom. The number of piperidine rings is 1. The number of fused-ring (bicyclic) bond motifs is 2. The van der Waals surface area contributed by atoms with Gasteiger partial charge in [0, 0.05) is 30.9 Å². The van der Waals surface area contributed by atoms with Crippen LogP contribution in [0.3, 0.4) is 0 Å². The van der Waals surface area contributed by atoms with Gasteiger partial charge >= 0.3 is 0 Å². The highest BCUT2D eigenvalue weighted by atomic mass is 15.3. The van der Waals surface area contributed by atoms with Gasteiger partial charge in [0.15, 0.2) is 0 Å². The maximum atomic E-state index is 6.56. The molecule has 106 valence electrons. The van der Waals surface area contributed by atoms with Gasteiger partial charge in [-0.1, -0.05) is 6.92 Å². The summed E-state index contributed by atoms with van der Waals surface area (Å²) >= 11 is 0. The Kier molecular flexibility index (Phi) is 3.63. The monoisotopic (exact) mass is 262 g/mol. The second kappa shape index (κ2) is 5.25. The van der Waals surface area contributed by atoms with Crippen molar-refractivity contribution in [2.24, 2.45) is 11.7 Å². The van der Waals surface area contributed by atoms with Gasteiger partial charge in [-0.3, -0.25) is 4.68 Å². The smallest absolute Gasteiger partial charge is 0.0554 e. The topological polar surface area (TPSA) is 47.1 Å². The summed E-state index contributed by atoms with van der Waals surface area (Å²) in [6.45, 7) is 3.17. The largest absolute Gasteiger partial charge is 0.322 e. The van der Waals surface area contributed by atoms with Crippen molar-refractivity contribution in [1.82, 2.24) is 14.7 Å². The van der Waals surface area contributed by atoms with Gasteiger partial charge in [-0.25, -0.2) is 0 Å². The van der Waals surface area contributed by atoms with Crippen LogP contribution in [-0.4, -0.2) is 33.8 Å². The summed E-state index contributed by atoms with van der Waals surface area (Å²) in [6, 6.07) is 3.79. The molecule has 2 bridgehead atoms. The van der Waals surface area contributed by atoms with E-state index >= 15 is 0 Å². The molecule has 3 heterocycles. The van der Waals surface area contributed by atoms with Crippen LogP contribution in [0.5, 0.6) is 0 Å². The zero-order valence-corrected chi connectivity index (χ0v) is 12.1. The van der Waals surface area contributed by atoms with Gasteiger partial charge in [-0.2, -0.15) is 5.10 Å². The molecule has 0 aromatic carbocycles. The van der Waals surface area contributed by atoms with Crippen molar-refractivity contribution in [1.29, 1.82) is 0 Å². The van der Waals surface area contributed by atoms with Crippen molar-refractivity contribution >= 4 is 0 Å². The molecule has 3 atom stereocenters. The second-order valence-corrected chi connectivity index (χ2v) is 6.29. The molecule has 2 aliphatic heterocycles. The summed E-state index contributed by atoms with van der Waals surface area (Å²) in [5, 5.41) is 4.42. The summed E-state index contributed by atoms with van der Waals surface area (Å²) < 4.78 is 2.10. The Morgan fingerprint density at radius 1 is 1.37 bits per heavy atom. The molecule has 2 N–H and O–H groups in total. The molecule has 4 nitrogen and oxygen atoms in total. The third-order valence-electron chi connectivity index (χ3n) is 5.17. The summed E-state index contributed by atoms with van der Waals surface area (Å²) in [5.74, 6) is 0.626. The highest BCUT2D eigenvalue weighted by molar-refractivity contribution is 5.10. The minimum Gasteiger partial charge on any atom is -0.322 e. The van der Waals surface area contributed by atoms with Gasteiger partial charge in [-0.05, 0) is 51.1 Å². The van der Waals surface area contributed by atoms with Crippen molar-refractivity contribution in [3.63, 3.8) is 0 Å². The number of rotatable bonds is 4. The average Bonchev–Trinajstić information content (AvgIpc) is 2.91. The molecule has 0 saturated carbocycles. The lowest BCUT2D eigenvalue weighted by Crippen LogP contribution is -2.43. The summed E-state index contributed by atoms with van der Waals surface area (Å²) in [6.07, 6.45) is 8.24. The number of hydrogen-bond donors (Lipinski definition) is 1. The van der Waals surface area contributed by atoms with Gasteiger partial charge in [0.25, 0.3) is 0 Å². The number of aryl methyl sites for hydroxylation is 1. The predicted octanol–water partition coefficient (Wildman–Crippen LogP) is 2.17. The van der Waals surface area contributed by atoms with Crippen molar-refractivity contribution < 1.29 is 0 Å². The molecule has 0 spiro atoms. The van der Waals surface area contributed by atoms with Crippen molar-refractivity contribution in [2.45, 2.75) is 63.7 Å². The van der Waals surface area contributed by atoms with Crippen LogP contribution in [0.1, 0.15) is 50.8 Å². The zero-order valence-electron chi connectivity index (χ0n) is 12.1. The van der Waals surface area contributed by atoms with E-state index in [-0.39, 0.29) is 6.04 Å². The Bertz CT molecular complexity index is 414. The molecule has 3 rings (SSSR count). The molecule has 0 aliphatic carbocycles. The fourth-order valence-electron chi connectivity index (χ4n) is 4.01. The SMILES string of the molecule is CCCn1nccc1C(N)C1CC2CCC(C1)N2C. The Hall–Kier alpha value is -0.870. The van der Waals surface area contributed by atoms with E-state index < -0.39 is 0 Å². The first-order chi connectivity index (χ1) is 9.20. The normalized spacial score (nSPS) is 32.7. The van der Waals surface area contributed by atoms with E-state index in [1.807, 2.05) is 6.20 Å². The number of nitrogens with zero attached hydrogens (tertiary/aromatic N) is 3. The third-order valence-corrected chi connectivity index (χ3v) is 5.17. The van der Waals surface area contributed by atoms with Crippen molar-refractivity contribution in [3.05, 3.63) is 18.0 Å². The first kappa shape index (κ1) is 13.1. The van der Waals surface area contributed by atoms with E-state index in [1.54, 1.807) is 0 Å². The fourth-order valence-corrected chi connectivity index (χ4v) is 4.01. The lowest BCUT2D eigenvalue weighted by Gasteiger charge is -2.38. The van der Waals surface area contributed by atoms with Gasteiger partial charge in [0.2, 0.25) is 0 Å². The van der Waals surface area contributed by atoms with Crippen LogP contribution in [0.4, 0.5) is 0 Å². The molecule has 1 aromatic rings. The van der Waals surface area contributed by atoms with E-state index in [0.717, 1.165) is 25.0 Å². The number of hydrogen-bond acceptors (Lipinski definition) is 3. The maximum absolute atomic E-state index is 6.56. The second-order valence-electron chi connectivity index (χ2n) is 6.29. The molecule has 2 fully saturated rings. The molecule has 0 amide bonds. The van der Waals surface area contributed by atoms with Crippen LogP contribution in [-0.2, 0) is 6.54 Å². The van der Waals surface area contributed by atoms with Crippen LogP contribution >= 0.6 is 0 Å². The van der Waals surface area contributed by atoms with Gasteiger partial charge in [-0.15, -0.1) is 0 Å². The molecule has 4 heteroatoms. The van der Waals surface area contributed by atoms with Gasteiger partial charge < -0.3 is 10.6 Å². The lowest BCUT2D eigenvalue weighted by molar-refractivity contribution is 0.119. The van der Waals surface area contributed by atoms with Crippen LogP contribution in [0.25, 0.3) is 0 Å². The van der Waals surface area contributed by atoms with E-state index in [9.17, 15) is 0 Å². The third kappa shape index (κ3) is 2.32. The van der Waals surface area contributed by atoms with Gasteiger partial charge in [0.1, 0.15) is 0 Å². The molecule has 0 radical (unpaired) electrons. The first-order valence-corrected chi connectivity index (χ1v) is 7.70. The highest BCUT2D eigenvalue weighted by Crippen LogP contribution is 2.41. The van der Waals surface area contributed by atoms with Gasteiger partial charge in [0.05, 0.1) is 5.69 Å². The minimum atomic E-state index is 0.158.